The van der Waals surface area contributed by atoms with Gasteiger partial charge in [0.2, 0.25) is 17.6 Å². The van der Waals surface area contributed by atoms with Crippen LogP contribution in [0.3, 0.4) is 0 Å². The number of nitrogens with one attached hydrogen (secondary N) is 1. The molecule has 0 spiro atoms. The molecule has 38 heteroatoms. The number of esters is 1. The van der Waals surface area contributed by atoms with E-state index in [0.29, 0.717) is 61.7 Å². The number of likely N-dealkylation sites (N-methyl/N-ethyl adjacent to an activating group) is 1. The van der Waals surface area contributed by atoms with Crippen molar-refractivity contribution in [3.63, 3.8) is 0 Å². The number of thioether (sulfide) groups is 5. The maximum atomic E-state index is 15.1. The van der Waals surface area contributed by atoms with Gasteiger partial charge in [0.05, 0.1) is 73.3 Å². The van der Waals surface area contributed by atoms with E-state index < -0.39 is 191 Å². The van der Waals surface area contributed by atoms with Gasteiger partial charge in [-0.2, -0.15) is 10.5 Å². The van der Waals surface area contributed by atoms with E-state index in [1.807, 2.05) is 65.0 Å². The minimum Gasteiger partial charge on any atom is -0.495 e. The molecule has 3 amide bonds. The molecule has 18 atom stereocenters. The van der Waals surface area contributed by atoms with Gasteiger partial charge in [0, 0.05) is 113 Å². The minimum absolute atomic E-state index is 0.0507. The summed E-state index contributed by atoms with van der Waals surface area (Å²) in [6, 6.07) is 2.15. The number of hydrogen-bond acceptors (Lipinski definition) is 31. The van der Waals surface area contributed by atoms with Crippen LogP contribution in [0.1, 0.15) is 147 Å². The van der Waals surface area contributed by atoms with Crippen molar-refractivity contribution >= 4 is 128 Å². The molecule has 11 unspecified atom stereocenters. The molecule has 7 aliphatic heterocycles. The number of alkyl carbamates (subject to hydrolysis) is 1. The molecule has 1 aromatic rings. The molecule has 4 saturated heterocycles. The van der Waals surface area contributed by atoms with Crippen molar-refractivity contribution < 1.29 is 137 Å². The van der Waals surface area contributed by atoms with Crippen LogP contribution in [-0.4, -0.2) is 313 Å². The van der Waals surface area contributed by atoms with Gasteiger partial charge in [-0.15, -0.1) is 58.8 Å². The summed E-state index contributed by atoms with van der Waals surface area (Å²) in [7, 11) is 5.30. The topological polar surface area (TPSA) is 445 Å². The van der Waals surface area contributed by atoms with Gasteiger partial charge in [0.15, 0.2) is 18.3 Å². The largest absolute Gasteiger partial charge is 0.495 e. The highest BCUT2D eigenvalue weighted by atomic mass is 35.5. The normalized spacial score (nSPS) is 31.7. The number of halogens is 1. The Morgan fingerprint density at radius 2 is 1.29 bits per heavy atom. The summed E-state index contributed by atoms with van der Waals surface area (Å²) >= 11 is 14.0. The fourth-order valence-electron chi connectivity index (χ4n) is 13.9. The number of rotatable bonds is 40. The van der Waals surface area contributed by atoms with E-state index in [2.05, 4.69) is 23.0 Å². The summed E-state index contributed by atoms with van der Waals surface area (Å²) in [5.74, 6) is -4.52. The first-order valence-electron chi connectivity index (χ1n) is 41.3. The Balaban J connectivity index is 1.31. The van der Waals surface area contributed by atoms with Crippen LogP contribution in [0.5, 0.6) is 5.75 Å². The van der Waals surface area contributed by atoms with E-state index in [1.54, 1.807) is 65.8 Å². The number of carboxylic acid groups (broad SMARTS) is 2. The molecule has 0 radical (unpaired) electrons. The number of allylic oxidation sites excluding steroid dienone is 7. The van der Waals surface area contributed by atoms with Gasteiger partial charge >= 0.3 is 24.0 Å². The van der Waals surface area contributed by atoms with Crippen molar-refractivity contribution in [1.82, 2.24) is 10.2 Å². The predicted molar refractivity (Wildman–Crippen MR) is 483 cm³/mol. The van der Waals surface area contributed by atoms with Gasteiger partial charge in [-0.1, -0.05) is 55.3 Å². The van der Waals surface area contributed by atoms with Gasteiger partial charge in [0.1, 0.15) is 77.9 Å². The summed E-state index contributed by atoms with van der Waals surface area (Å²) in [6.07, 6.45) is -4.80. The van der Waals surface area contributed by atoms with Crippen molar-refractivity contribution in [3.05, 3.63) is 101 Å². The number of amides is 3. The second-order valence-electron chi connectivity index (χ2n) is 34.3. The van der Waals surface area contributed by atoms with Crippen molar-refractivity contribution in [2.45, 2.75) is 256 Å². The summed E-state index contributed by atoms with van der Waals surface area (Å²) in [5, 5.41) is 124. The SMILES string of the molecule is CCS1=C\C=C/C(SCCOC2OC(CO)C(O)C(O)C2O)=C(SCCC(C)(C)OCCC(C)(C)C(=O)O)\C(SCCC(=O)N(C)[C@H](C)C(=O)O[C@@]23CC(=O)N(C)c4cc(cc(OC)c4Cl)C/C(C)=C\C=C\[C@@H](OC)[C@]4(O)C[C@H](OC(=O)N4)[C@@H](C)[C@@](C)(C2)O3)=C/C(SCCOC2OC(CO)C(O)C(O)C2O)=C(/SCCC(C)(C)OCCC(C)(C)C(=O)O)C=C1. The number of carbonyl (C=O) groups is 6. The van der Waals surface area contributed by atoms with Crippen molar-refractivity contribution in [3.8, 4) is 5.75 Å². The monoisotopic (exact) mass is 1880 g/mol. The third kappa shape index (κ3) is 29.5. The molecular formula is C86H130ClN3O28S6. The van der Waals surface area contributed by atoms with Crippen LogP contribution in [0.25, 0.3) is 0 Å². The van der Waals surface area contributed by atoms with Gasteiger partial charge in [-0.3, -0.25) is 24.5 Å². The lowest BCUT2D eigenvalue weighted by atomic mass is 9.73. The molecule has 7 heterocycles. The molecule has 124 heavy (non-hydrogen) atoms. The van der Waals surface area contributed by atoms with Gasteiger partial charge in [0.25, 0.3) is 0 Å². The Kier molecular flexibility index (Phi) is 40.8. The average Bonchev–Trinajstić information content (AvgIpc) is 0.767. The highest BCUT2D eigenvalue weighted by Crippen LogP contribution is 2.53. The van der Waals surface area contributed by atoms with Gasteiger partial charge in [-0.25, -0.2) is 9.59 Å². The summed E-state index contributed by atoms with van der Waals surface area (Å²) in [5.41, 5.74) is -5.13. The van der Waals surface area contributed by atoms with E-state index in [0.717, 1.165) is 10.5 Å². The van der Waals surface area contributed by atoms with Crippen LogP contribution in [0.4, 0.5) is 10.5 Å². The van der Waals surface area contributed by atoms with E-state index in [9.17, 15) is 75.3 Å². The van der Waals surface area contributed by atoms with Crippen LogP contribution in [0, 0.1) is 16.7 Å². The smallest absolute Gasteiger partial charge is 0.409 e. The molecule has 0 aromatic heterocycles. The predicted octanol–water partition coefficient (Wildman–Crippen LogP) is 9.41. The lowest BCUT2D eigenvalue weighted by Gasteiger charge is -2.57. The van der Waals surface area contributed by atoms with E-state index in [1.165, 1.54) is 104 Å². The number of hydrogen-bond donors (Lipinski definition) is 12. The zero-order chi connectivity index (χ0) is 92.2. The number of nitrogens with zero attached hydrogens (tertiary/aromatic N) is 2. The molecule has 12 N–H and O–H groups in total. The number of aliphatic hydroxyl groups is 9. The first-order chi connectivity index (χ1) is 58.1. The zero-order valence-electron chi connectivity index (χ0n) is 73.9. The maximum absolute atomic E-state index is 15.1. The average molecular weight is 1880 g/mol. The highest BCUT2D eigenvalue weighted by molar-refractivity contribution is 8.17. The third-order valence-corrected chi connectivity index (χ3v) is 30.5. The summed E-state index contributed by atoms with van der Waals surface area (Å²) in [4.78, 5) is 89.0. The van der Waals surface area contributed by atoms with Crippen LogP contribution >= 0.6 is 80.9 Å². The van der Waals surface area contributed by atoms with E-state index in [-0.39, 0.29) is 92.2 Å². The number of anilines is 1. The second-order valence-corrected chi connectivity index (χ2v) is 42.4. The Hall–Kier alpha value is -4.60. The van der Waals surface area contributed by atoms with Crippen LogP contribution < -0.4 is 15.0 Å². The second kappa shape index (κ2) is 47.5. The number of ether oxygens (including phenoxy) is 11. The Morgan fingerprint density at radius 1 is 0.742 bits per heavy atom. The molecule has 6 bridgehead atoms. The molecule has 0 aliphatic carbocycles. The molecule has 1 aromatic carbocycles. The molecular weight excluding hydrogens is 1750 g/mol. The Morgan fingerprint density at radius 3 is 1.82 bits per heavy atom. The molecule has 31 nitrogen and oxygen atoms in total. The van der Waals surface area contributed by atoms with E-state index in [4.69, 9.17) is 63.7 Å². The fourth-order valence-corrected chi connectivity index (χ4v) is 21.6. The Labute approximate surface area is 756 Å². The zero-order valence-corrected chi connectivity index (χ0v) is 79.5. The summed E-state index contributed by atoms with van der Waals surface area (Å²) in [6.45, 7) is 21.8. The lowest BCUT2D eigenvalue weighted by molar-refractivity contribution is -0.381. The van der Waals surface area contributed by atoms with Crippen molar-refractivity contribution in [2.24, 2.45) is 16.7 Å². The molecule has 8 rings (SSSR count). The standard InChI is InChI=1S/C86H130ClN3O28S6/c1-18-124-39-20-22-60(121-37-32-110-75-71(99)69(97)67(95)57(47-91)114-75)73(123-36-29-83(11,12)113-31-27-81(7,8)78(104)105)62(44-61(122-38-33-111-76-72(100)70(98)68(96)58(48-92)115-76)59(25-40-124)120-35-28-82(9,10)112-30-26-80(5,6)77(102)103)119-34-24-64(93)89(14)52(4)74(101)117-85-46-65(94)90(15)54-42-53(43-55(108-16)66(54)87)41-50(2)21-19-23-63(109-17)86(107)45-56(116-79(106)88-86)51(3)84(13,49-85)118-85/h19-23,25,39-40,42-44,51-52,56-58,63,67-72,75-76,91-92,95-100,107H,18,24,26-38,41,45-49H2,1-17H3,(H,88,106)(H,102,103)(H,104,105)/b22-20-,23-19+,39-20?,40-25?,50-21-,59-25?,60-22?,61-44?,61-59-,62-44+,73-60-,73-62?/t51-,52-,56+,57?,58?,63-,67?,68?,69?,70?,71?,72?,75?,76?,84-,85-,86-,124?/m1/s1. The fraction of sp³-hybridized carbons (Fsp3) is 0.686. The van der Waals surface area contributed by atoms with E-state index >= 15 is 9.59 Å². The molecule has 7 aliphatic rings. The van der Waals surface area contributed by atoms with Gasteiger partial charge in [-0.05, 0) is 161 Å². The van der Waals surface area contributed by atoms with Gasteiger partial charge < -0.3 is 118 Å². The first-order valence-corrected chi connectivity index (χ1v) is 48.2. The quantitative estimate of drug-likeness (QED) is 0.0165. The number of carbonyl (C=O) groups excluding carboxylic acids is 4. The number of aliphatic carboxylic acids is 2. The highest BCUT2D eigenvalue weighted by Gasteiger charge is 2.63. The summed E-state index contributed by atoms with van der Waals surface area (Å²) < 4.78 is 67.1. The number of methoxy groups -OCH3 is 2. The molecule has 4 fully saturated rings. The molecule has 700 valence electrons. The van der Waals surface area contributed by atoms with Crippen LogP contribution in [0.2, 0.25) is 5.02 Å². The first kappa shape index (κ1) is 106. The number of aliphatic hydroxyl groups excluding tert-OH is 8. The number of fused-ring (bicyclic) bond motifs is 5. The van der Waals surface area contributed by atoms with Crippen LogP contribution in [-0.2, 0) is 77.8 Å². The minimum atomic E-state index is -2.00. The molecule has 0 saturated carbocycles. The lowest BCUT2D eigenvalue weighted by Crippen LogP contribution is -2.69. The van der Waals surface area contributed by atoms with Crippen molar-refractivity contribution in [1.29, 1.82) is 0 Å². The Bertz CT molecular complexity index is 4070. The van der Waals surface area contributed by atoms with Crippen molar-refractivity contribution in [2.75, 3.05) is 107 Å². The van der Waals surface area contributed by atoms with Crippen LogP contribution in [0.15, 0.2) is 90.2 Å². The number of carboxylic acids is 2. The third-order valence-electron chi connectivity index (χ3n) is 22.8. The maximum Gasteiger partial charge on any atom is 0.409 e. The number of benzene rings is 1.